The van der Waals surface area contributed by atoms with Crippen molar-refractivity contribution < 1.29 is 14.3 Å². The van der Waals surface area contributed by atoms with Gasteiger partial charge in [0.15, 0.2) is 11.5 Å². The Balaban J connectivity index is 1.49. The SMILES string of the molecule is COc1ccc(C=NNC(=O)c2cc(-c3c(C)nn(-c4ccccc4)c3C)n[nH]2)cc1OC. The molecular weight excluding hydrogens is 420 g/mol. The van der Waals surface area contributed by atoms with Crippen molar-refractivity contribution in [1.82, 2.24) is 25.4 Å². The number of hydrazone groups is 1. The molecule has 4 aromatic rings. The molecule has 4 rings (SSSR count). The number of para-hydroxylation sites is 1. The van der Waals surface area contributed by atoms with Crippen LogP contribution in [0, 0.1) is 13.8 Å². The number of hydrogen-bond donors (Lipinski definition) is 2. The van der Waals surface area contributed by atoms with E-state index in [-0.39, 0.29) is 0 Å². The average Bonchev–Trinajstić information content (AvgIpc) is 3.43. The van der Waals surface area contributed by atoms with Gasteiger partial charge in [-0.3, -0.25) is 9.89 Å². The monoisotopic (exact) mass is 444 g/mol. The predicted octanol–water partition coefficient (Wildman–Crippen LogP) is 3.66. The molecule has 2 N–H and O–H groups in total. The largest absolute Gasteiger partial charge is 0.493 e. The molecule has 0 aliphatic heterocycles. The van der Waals surface area contributed by atoms with Gasteiger partial charge in [0.1, 0.15) is 5.69 Å². The van der Waals surface area contributed by atoms with E-state index in [2.05, 4.69) is 25.8 Å². The quantitative estimate of drug-likeness (QED) is 0.334. The highest BCUT2D eigenvalue weighted by Gasteiger charge is 2.18. The zero-order chi connectivity index (χ0) is 23.4. The third kappa shape index (κ3) is 4.47. The van der Waals surface area contributed by atoms with Gasteiger partial charge in [-0.05, 0) is 55.8 Å². The lowest BCUT2D eigenvalue weighted by Gasteiger charge is -2.07. The molecular formula is C24H24N6O3. The Morgan fingerprint density at radius 1 is 1.06 bits per heavy atom. The highest BCUT2D eigenvalue weighted by Crippen LogP contribution is 2.28. The number of rotatable bonds is 7. The molecule has 9 heteroatoms. The number of aryl methyl sites for hydroxylation is 1. The third-order valence-electron chi connectivity index (χ3n) is 5.16. The summed E-state index contributed by atoms with van der Waals surface area (Å²) in [7, 11) is 3.13. The Bertz CT molecular complexity index is 1310. The normalized spacial score (nSPS) is 11.0. The van der Waals surface area contributed by atoms with Gasteiger partial charge in [-0.1, -0.05) is 18.2 Å². The lowest BCUT2D eigenvalue weighted by Crippen LogP contribution is -2.18. The van der Waals surface area contributed by atoms with Crippen LogP contribution in [-0.2, 0) is 0 Å². The number of aromatic amines is 1. The molecule has 0 radical (unpaired) electrons. The zero-order valence-corrected chi connectivity index (χ0v) is 18.8. The summed E-state index contributed by atoms with van der Waals surface area (Å²) < 4.78 is 12.4. The maximum atomic E-state index is 12.5. The number of hydrogen-bond acceptors (Lipinski definition) is 6. The molecule has 0 aliphatic carbocycles. The maximum Gasteiger partial charge on any atom is 0.289 e. The van der Waals surface area contributed by atoms with Gasteiger partial charge in [0.2, 0.25) is 0 Å². The van der Waals surface area contributed by atoms with E-state index < -0.39 is 5.91 Å². The summed E-state index contributed by atoms with van der Waals surface area (Å²) in [4.78, 5) is 12.5. The number of methoxy groups -OCH3 is 2. The maximum absolute atomic E-state index is 12.5. The topological polar surface area (TPSA) is 106 Å². The summed E-state index contributed by atoms with van der Waals surface area (Å²) >= 11 is 0. The molecule has 0 spiro atoms. The van der Waals surface area contributed by atoms with Gasteiger partial charge in [0.05, 0.1) is 43.2 Å². The number of amides is 1. The van der Waals surface area contributed by atoms with Crippen molar-refractivity contribution in [1.29, 1.82) is 0 Å². The smallest absolute Gasteiger partial charge is 0.289 e. The Morgan fingerprint density at radius 2 is 1.82 bits per heavy atom. The number of ether oxygens (including phenoxy) is 2. The van der Waals surface area contributed by atoms with E-state index in [4.69, 9.17) is 9.47 Å². The second-order valence-corrected chi connectivity index (χ2v) is 7.27. The van der Waals surface area contributed by atoms with E-state index in [1.165, 1.54) is 6.21 Å². The fourth-order valence-corrected chi connectivity index (χ4v) is 3.56. The summed E-state index contributed by atoms with van der Waals surface area (Å²) in [5.74, 6) is 0.786. The van der Waals surface area contributed by atoms with E-state index in [1.807, 2.05) is 48.9 Å². The van der Waals surface area contributed by atoms with Crippen LogP contribution in [0.5, 0.6) is 11.5 Å². The number of carbonyl (C=O) groups excluding carboxylic acids is 1. The van der Waals surface area contributed by atoms with Crippen LogP contribution in [0.15, 0.2) is 59.7 Å². The van der Waals surface area contributed by atoms with Crippen LogP contribution < -0.4 is 14.9 Å². The Hall–Kier alpha value is -4.40. The van der Waals surface area contributed by atoms with Crippen LogP contribution in [0.3, 0.4) is 0 Å². The van der Waals surface area contributed by atoms with E-state index in [1.54, 1.807) is 38.5 Å². The van der Waals surface area contributed by atoms with Gasteiger partial charge in [-0.2, -0.15) is 15.3 Å². The summed E-state index contributed by atoms with van der Waals surface area (Å²) in [5, 5.41) is 15.8. The Labute approximate surface area is 191 Å². The Morgan fingerprint density at radius 3 is 2.55 bits per heavy atom. The summed E-state index contributed by atoms with van der Waals surface area (Å²) in [6.45, 7) is 3.90. The summed E-state index contributed by atoms with van der Waals surface area (Å²) in [5.41, 5.74) is 7.78. The highest BCUT2D eigenvalue weighted by molar-refractivity contribution is 5.94. The van der Waals surface area contributed by atoms with Crippen molar-refractivity contribution >= 4 is 12.1 Å². The average molecular weight is 444 g/mol. The van der Waals surface area contributed by atoms with Crippen molar-refractivity contribution in [3.8, 4) is 28.4 Å². The third-order valence-corrected chi connectivity index (χ3v) is 5.16. The van der Waals surface area contributed by atoms with Gasteiger partial charge in [0, 0.05) is 5.56 Å². The van der Waals surface area contributed by atoms with E-state index in [0.29, 0.717) is 22.9 Å². The first kappa shape index (κ1) is 21.8. The van der Waals surface area contributed by atoms with E-state index in [9.17, 15) is 4.79 Å². The zero-order valence-electron chi connectivity index (χ0n) is 18.8. The second-order valence-electron chi connectivity index (χ2n) is 7.27. The Kier molecular flexibility index (Phi) is 6.21. The number of nitrogens with zero attached hydrogens (tertiary/aromatic N) is 4. The summed E-state index contributed by atoms with van der Waals surface area (Å²) in [6, 6.07) is 16.9. The molecule has 0 fully saturated rings. The van der Waals surface area contributed by atoms with Gasteiger partial charge in [-0.25, -0.2) is 10.1 Å². The van der Waals surface area contributed by atoms with Gasteiger partial charge in [-0.15, -0.1) is 0 Å². The van der Waals surface area contributed by atoms with Crippen LogP contribution in [-0.4, -0.2) is 46.3 Å². The lowest BCUT2D eigenvalue weighted by atomic mass is 10.1. The van der Waals surface area contributed by atoms with Crippen LogP contribution in [0.1, 0.15) is 27.4 Å². The molecule has 0 saturated heterocycles. The van der Waals surface area contributed by atoms with Crippen molar-refractivity contribution in [2.75, 3.05) is 14.2 Å². The fraction of sp³-hybridized carbons (Fsp3) is 0.167. The van der Waals surface area contributed by atoms with Crippen LogP contribution in [0.2, 0.25) is 0 Å². The first-order valence-corrected chi connectivity index (χ1v) is 10.2. The van der Waals surface area contributed by atoms with Crippen molar-refractivity contribution in [3.63, 3.8) is 0 Å². The van der Waals surface area contributed by atoms with Gasteiger partial charge in [0.25, 0.3) is 5.91 Å². The molecule has 0 aliphatic rings. The minimum atomic E-state index is -0.406. The van der Waals surface area contributed by atoms with Gasteiger partial charge >= 0.3 is 0 Å². The molecule has 0 atom stereocenters. The molecule has 0 unspecified atom stereocenters. The first-order chi connectivity index (χ1) is 16.0. The van der Waals surface area contributed by atoms with E-state index in [0.717, 1.165) is 28.2 Å². The minimum Gasteiger partial charge on any atom is -0.493 e. The molecule has 2 aromatic carbocycles. The molecule has 0 saturated carbocycles. The van der Waals surface area contributed by atoms with Crippen molar-refractivity contribution in [2.45, 2.75) is 13.8 Å². The molecule has 33 heavy (non-hydrogen) atoms. The number of benzene rings is 2. The minimum absolute atomic E-state index is 0.292. The molecule has 168 valence electrons. The summed E-state index contributed by atoms with van der Waals surface area (Å²) in [6.07, 6.45) is 1.52. The number of aromatic nitrogens is 4. The number of H-pyrrole nitrogens is 1. The van der Waals surface area contributed by atoms with Crippen molar-refractivity contribution in [3.05, 3.63) is 77.2 Å². The van der Waals surface area contributed by atoms with Gasteiger partial charge < -0.3 is 9.47 Å². The molecule has 1 amide bonds. The molecule has 2 aromatic heterocycles. The van der Waals surface area contributed by atoms with Crippen LogP contribution in [0.4, 0.5) is 0 Å². The lowest BCUT2D eigenvalue weighted by molar-refractivity contribution is 0.0950. The van der Waals surface area contributed by atoms with Crippen LogP contribution >= 0.6 is 0 Å². The standard InChI is InChI=1S/C24H24N6O3/c1-15-23(16(2)30(29-15)18-8-6-5-7-9-18)19-13-20(27-26-19)24(31)28-25-14-17-10-11-21(32-3)22(12-17)33-4/h5-14H,1-4H3,(H,26,27)(H,28,31). The predicted molar refractivity (Wildman–Crippen MR) is 125 cm³/mol. The van der Waals surface area contributed by atoms with E-state index >= 15 is 0 Å². The highest BCUT2D eigenvalue weighted by atomic mass is 16.5. The second kappa shape index (κ2) is 9.39. The van der Waals surface area contributed by atoms with Crippen molar-refractivity contribution in [2.24, 2.45) is 5.10 Å². The molecule has 9 nitrogen and oxygen atoms in total. The molecule has 0 bridgehead atoms. The van der Waals surface area contributed by atoms with Crippen LogP contribution in [0.25, 0.3) is 16.9 Å². The number of carbonyl (C=O) groups is 1. The first-order valence-electron chi connectivity index (χ1n) is 10.2. The molecule has 2 heterocycles. The number of nitrogens with one attached hydrogen (secondary N) is 2. The fourth-order valence-electron chi connectivity index (χ4n) is 3.56.